The van der Waals surface area contributed by atoms with Crippen LogP contribution in [-0.2, 0) is 9.84 Å². The number of sulfone groups is 1. The van der Waals surface area contributed by atoms with Gasteiger partial charge in [0.05, 0.1) is 11.2 Å². The van der Waals surface area contributed by atoms with Crippen LogP contribution in [0.25, 0.3) is 0 Å². The van der Waals surface area contributed by atoms with Crippen LogP contribution in [0.5, 0.6) is 0 Å². The molecule has 0 bridgehead atoms. The monoisotopic (exact) mass is 315 g/mol. The van der Waals surface area contributed by atoms with Crippen molar-refractivity contribution < 1.29 is 21.6 Å². The van der Waals surface area contributed by atoms with Crippen LogP contribution in [0.1, 0.15) is 33.6 Å². The number of halogens is 3. The lowest BCUT2D eigenvalue weighted by molar-refractivity contribution is -0.170. The van der Waals surface area contributed by atoms with Crippen LogP contribution >= 0.6 is 0 Å². The van der Waals surface area contributed by atoms with E-state index in [0.29, 0.717) is 5.92 Å². The first-order valence-electron chi connectivity index (χ1n) is 6.92. The Morgan fingerprint density at radius 2 is 1.70 bits per heavy atom. The van der Waals surface area contributed by atoms with E-state index in [9.17, 15) is 21.6 Å². The van der Waals surface area contributed by atoms with Crippen molar-refractivity contribution in [1.82, 2.24) is 4.90 Å². The molecule has 1 heterocycles. The molecule has 0 aromatic rings. The Hall–Kier alpha value is -0.300. The zero-order valence-electron chi connectivity index (χ0n) is 12.4. The maximum atomic E-state index is 13.0. The van der Waals surface area contributed by atoms with E-state index in [1.165, 1.54) is 0 Å². The van der Waals surface area contributed by atoms with Gasteiger partial charge in [-0.05, 0) is 25.7 Å². The van der Waals surface area contributed by atoms with Gasteiger partial charge < -0.3 is 0 Å². The van der Waals surface area contributed by atoms with Crippen molar-refractivity contribution in [1.29, 1.82) is 0 Å². The van der Waals surface area contributed by atoms with Gasteiger partial charge in [-0.3, -0.25) is 4.90 Å². The molecular formula is C13H24F3NO2S. The molecule has 1 unspecified atom stereocenters. The van der Waals surface area contributed by atoms with E-state index in [1.54, 1.807) is 4.90 Å². The van der Waals surface area contributed by atoms with Gasteiger partial charge in [-0.2, -0.15) is 13.2 Å². The summed E-state index contributed by atoms with van der Waals surface area (Å²) in [6.07, 6.45) is -1.84. The van der Waals surface area contributed by atoms with Crippen LogP contribution in [0.4, 0.5) is 13.2 Å². The predicted molar refractivity (Wildman–Crippen MR) is 73.3 cm³/mol. The van der Waals surface area contributed by atoms with Crippen molar-refractivity contribution in [2.24, 2.45) is 11.8 Å². The molecule has 0 saturated carbocycles. The van der Waals surface area contributed by atoms with E-state index in [0.717, 1.165) is 19.1 Å². The number of rotatable bonds is 5. The average molecular weight is 315 g/mol. The molecule has 7 heteroatoms. The summed E-state index contributed by atoms with van der Waals surface area (Å²) >= 11 is 0. The Balaban J connectivity index is 2.80. The van der Waals surface area contributed by atoms with Gasteiger partial charge >= 0.3 is 6.18 Å². The predicted octanol–water partition coefficient (Wildman–Crippen LogP) is 2.72. The highest BCUT2D eigenvalue weighted by molar-refractivity contribution is 7.91. The first-order chi connectivity index (χ1) is 8.93. The molecule has 3 atom stereocenters. The van der Waals surface area contributed by atoms with Crippen LogP contribution in [0.15, 0.2) is 0 Å². The van der Waals surface area contributed by atoms with Gasteiger partial charge in [-0.15, -0.1) is 0 Å². The van der Waals surface area contributed by atoms with Gasteiger partial charge in [0.2, 0.25) is 0 Å². The van der Waals surface area contributed by atoms with Gasteiger partial charge in [0.25, 0.3) is 0 Å². The van der Waals surface area contributed by atoms with Gasteiger partial charge in [0.15, 0.2) is 9.84 Å². The van der Waals surface area contributed by atoms with Crippen molar-refractivity contribution in [3.63, 3.8) is 0 Å². The van der Waals surface area contributed by atoms with E-state index in [4.69, 9.17) is 0 Å². The third kappa shape index (κ3) is 4.62. The number of nitrogens with zero attached hydrogens (tertiary/aromatic N) is 1. The SMILES string of the molecule is CC(C)CCC(C)N1C[C@H](C(F)(F)F)[C@@H](S(C)(=O)=O)C1. The number of hydrogen-bond acceptors (Lipinski definition) is 3. The summed E-state index contributed by atoms with van der Waals surface area (Å²) in [5.41, 5.74) is 0. The second kappa shape index (κ2) is 6.22. The molecule has 0 aromatic carbocycles. The summed E-state index contributed by atoms with van der Waals surface area (Å²) in [5.74, 6) is -1.27. The van der Waals surface area contributed by atoms with Gasteiger partial charge in [0, 0.05) is 25.4 Å². The fourth-order valence-corrected chi connectivity index (χ4v) is 3.97. The molecule has 0 aromatic heterocycles. The summed E-state index contributed by atoms with van der Waals surface area (Å²) in [4.78, 5) is 1.67. The lowest BCUT2D eigenvalue weighted by Gasteiger charge is -2.25. The van der Waals surface area contributed by atoms with Gasteiger partial charge in [0.1, 0.15) is 0 Å². The van der Waals surface area contributed by atoms with Crippen LogP contribution in [-0.4, -0.2) is 50.1 Å². The summed E-state index contributed by atoms with van der Waals surface area (Å²) in [5, 5.41) is -1.33. The highest BCUT2D eigenvalue weighted by Gasteiger charge is 2.53. The van der Waals surface area contributed by atoms with Gasteiger partial charge in [-0.25, -0.2) is 8.42 Å². The second-order valence-electron chi connectivity index (χ2n) is 6.29. The highest BCUT2D eigenvalue weighted by Crippen LogP contribution is 2.37. The third-order valence-corrected chi connectivity index (χ3v) is 5.63. The van der Waals surface area contributed by atoms with Crippen molar-refractivity contribution in [2.45, 2.75) is 51.1 Å². The van der Waals surface area contributed by atoms with E-state index < -0.39 is 27.2 Å². The lowest BCUT2D eigenvalue weighted by Crippen LogP contribution is -2.37. The maximum absolute atomic E-state index is 13.0. The molecule has 0 spiro atoms. The van der Waals surface area contributed by atoms with E-state index in [1.807, 2.05) is 6.92 Å². The topological polar surface area (TPSA) is 37.4 Å². The van der Waals surface area contributed by atoms with Crippen molar-refractivity contribution >= 4 is 9.84 Å². The highest BCUT2D eigenvalue weighted by atomic mass is 32.2. The lowest BCUT2D eigenvalue weighted by atomic mass is 10.0. The first kappa shape index (κ1) is 17.8. The fraction of sp³-hybridized carbons (Fsp3) is 1.00. The molecule has 0 N–H and O–H groups in total. The Kier molecular flexibility index (Phi) is 5.52. The standard InChI is InChI=1S/C13H24F3NO2S/c1-9(2)5-6-10(3)17-7-11(13(14,15)16)12(8-17)20(4,18)19/h9-12H,5-8H2,1-4H3/t10?,11-,12-/m0/s1. The van der Waals surface area contributed by atoms with Crippen molar-refractivity contribution in [3.05, 3.63) is 0 Å². The minimum Gasteiger partial charge on any atom is -0.299 e. The Morgan fingerprint density at radius 1 is 1.15 bits per heavy atom. The minimum atomic E-state index is -4.46. The molecule has 1 rings (SSSR count). The summed E-state index contributed by atoms with van der Waals surface area (Å²) in [6.45, 7) is 5.78. The molecular weight excluding hydrogens is 291 g/mol. The molecule has 1 aliphatic rings. The van der Waals surface area contributed by atoms with Crippen molar-refractivity contribution in [2.75, 3.05) is 19.3 Å². The molecule has 1 fully saturated rings. The number of hydrogen-bond donors (Lipinski definition) is 0. The Labute approximate surface area is 119 Å². The molecule has 120 valence electrons. The molecule has 1 aliphatic heterocycles. The van der Waals surface area contributed by atoms with Gasteiger partial charge in [-0.1, -0.05) is 13.8 Å². The quantitative estimate of drug-likeness (QED) is 0.783. The fourth-order valence-electron chi connectivity index (χ4n) is 2.67. The number of alkyl halides is 3. The molecule has 0 radical (unpaired) electrons. The van der Waals surface area contributed by atoms with Crippen molar-refractivity contribution in [3.8, 4) is 0 Å². The summed E-state index contributed by atoms with van der Waals surface area (Å²) in [7, 11) is -3.69. The third-order valence-electron chi connectivity index (χ3n) is 4.05. The smallest absolute Gasteiger partial charge is 0.299 e. The number of likely N-dealkylation sites (tertiary alicyclic amines) is 1. The molecule has 20 heavy (non-hydrogen) atoms. The van der Waals surface area contributed by atoms with Crippen LogP contribution < -0.4 is 0 Å². The average Bonchev–Trinajstić information content (AvgIpc) is 2.69. The van der Waals surface area contributed by atoms with E-state index in [-0.39, 0.29) is 19.1 Å². The molecule has 0 amide bonds. The van der Waals surface area contributed by atoms with E-state index in [2.05, 4.69) is 13.8 Å². The normalized spacial score (nSPS) is 27.2. The first-order valence-corrected chi connectivity index (χ1v) is 8.88. The summed E-state index contributed by atoms with van der Waals surface area (Å²) in [6, 6.07) is -0.0194. The van der Waals surface area contributed by atoms with Crippen LogP contribution in [0.2, 0.25) is 0 Å². The zero-order valence-corrected chi connectivity index (χ0v) is 13.3. The summed E-state index contributed by atoms with van der Waals surface area (Å²) < 4.78 is 62.2. The molecule has 0 aliphatic carbocycles. The van der Waals surface area contributed by atoms with Crippen LogP contribution in [0, 0.1) is 11.8 Å². The zero-order chi connectivity index (χ0) is 15.7. The Morgan fingerprint density at radius 3 is 2.05 bits per heavy atom. The molecule has 1 saturated heterocycles. The van der Waals surface area contributed by atoms with E-state index >= 15 is 0 Å². The minimum absolute atomic E-state index is 0.0116. The largest absolute Gasteiger partial charge is 0.394 e. The molecule has 3 nitrogen and oxygen atoms in total. The van der Waals surface area contributed by atoms with Crippen LogP contribution in [0.3, 0.4) is 0 Å². The Bertz CT molecular complexity index is 420. The second-order valence-corrected chi connectivity index (χ2v) is 8.55. The maximum Gasteiger partial charge on any atom is 0.394 e.